The van der Waals surface area contributed by atoms with E-state index < -0.39 is 5.91 Å². The van der Waals surface area contributed by atoms with Crippen LogP contribution in [-0.2, 0) is 11.2 Å². The number of hydrogen-bond acceptors (Lipinski definition) is 4. The van der Waals surface area contributed by atoms with Crippen molar-refractivity contribution in [2.45, 2.75) is 31.3 Å². The number of nitrogens with zero attached hydrogens (tertiary/aromatic N) is 3. The number of amides is 1. The lowest BCUT2D eigenvalue weighted by Crippen LogP contribution is -2.13. The maximum atomic E-state index is 11.2. The van der Waals surface area contributed by atoms with Crippen molar-refractivity contribution >= 4 is 29.3 Å². The molecule has 0 atom stereocenters. The number of aryl methyl sites for hydroxylation is 1. The maximum Gasteiger partial charge on any atom is 0.227 e. The summed E-state index contributed by atoms with van der Waals surface area (Å²) in [5.41, 5.74) is 8.44. The highest BCUT2D eigenvalue weighted by molar-refractivity contribution is 7.99. The fourth-order valence-corrected chi connectivity index (χ4v) is 3.53. The van der Waals surface area contributed by atoms with Crippen LogP contribution in [0, 0.1) is 0 Å². The van der Waals surface area contributed by atoms with Crippen molar-refractivity contribution in [2.75, 3.05) is 5.75 Å². The third kappa shape index (κ3) is 4.90. The standard InChI is InChI=1S/C20H21ClN4OS/c1-2-3-4-14-5-11-17(12-6-14)25-19(15-7-9-16(21)10-8-15)23-24-20(25)27-13-18(22)26/h5-12H,2-4,13H2,1H3,(H2,22,26). The third-order valence-corrected chi connectivity index (χ3v) is 5.30. The molecule has 0 saturated heterocycles. The van der Waals surface area contributed by atoms with Gasteiger partial charge in [0.1, 0.15) is 0 Å². The van der Waals surface area contributed by atoms with Crippen LogP contribution >= 0.6 is 23.4 Å². The Morgan fingerprint density at radius 2 is 1.81 bits per heavy atom. The molecule has 0 saturated carbocycles. The summed E-state index contributed by atoms with van der Waals surface area (Å²) in [4.78, 5) is 11.2. The molecule has 1 amide bonds. The molecule has 140 valence electrons. The molecule has 0 aliphatic carbocycles. The van der Waals surface area contributed by atoms with Crippen LogP contribution in [0.2, 0.25) is 5.02 Å². The van der Waals surface area contributed by atoms with E-state index in [0.29, 0.717) is 16.0 Å². The Labute approximate surface area is 167 Å². The van der Waals surface area contributed by atoms with E-state index in [-0.39, 0.29) is 5.75 Å². The van der Waals surface area contributed by atoms with Gasteiger partial charge in [0, 0.05) is 16.3 Å². The molecule has 5 nitrogen and oxygen atoms in total. The quantitative estimate of drug-likeness (QED) is 0.564. The van der Waals surface area contributed by atoms with Gasteiger partial charge in [-0.25, -0.2) is 0 Å². The molecular formula is C20H21ClN4OS. The summed E-state index contributed by atoms with van der Waals surface area (Å²) in [5.74, 6) is 0.449. The fourth-order valence-electron chi connectivity index (χ4n) is 2.71. The fraction of sp³-hybridized carbons (Fsp3) is 0.250. The number of thioether (sulfide) groups is 1. The number of unbranched alkanes of at least 4 members (excludes halogenated alkanes) is 1. The molecule has 0 spiro atoms. The van der Waals surface area contributed by atoms with Crippen molar-refractivity contribution in [3.63, 3.8) is 0 Å². The Hall–Kier alpha value is -2.31. The summed E-state index contributed by atoms with van der Waals surface area (Å²) in [6.45, 7) is 2.19. The first-order chi connectivity index (χ1) is 13.1. The number of halogens is 1. The Morgan fingerprint density at radius 3 is 2.44 bits per heavy atom. The van der Waals surface area contributed by atoms with Gasteiger partial charge in [0.2, 0.25) is 5.91 Å². The normalized spacial score (nSPS) is 10.9. The Bertz CT molecular complexity index is 907. The van der Waals surface area contributed by atoms with E-state index in [0.717, 1.165) is 17.7 Å². The molecule has 3 rings (SSSR count). The van der Waals surface area contributed by atoms with Crippen LogP contribution in [0.3, 0.4) is 0 Å². The predicted octanol–water partition coefficient (Wildman–Crippen LogP) is 4.51. The lowest BCUT2D eigenvalue weighted by Gasteiger charge is -2.11. The van der Waals surface area contributed by atoms with Gasteiger partial charge in [-0.05, 0) is 54.8 Å². The van der Waals surface area contributed by atoms with Gasteiger partial charge in [-0.1, -0.05) is 48.8 Å². The molecule has 1 aromatic heterocycles. The number of rotatable bonds is 8. The molecule has 2 aromatic carbocycles. The summed E-state index contributed by atoms with van der Waals surface area (Å²) in [6, 6.07) is 15.8. The lowest BCUT2D eigenvalue weighted by atomic mass is 10.1. The maximum absolute atomic E-state index is 11.2. The minimum absolute atomic E-state index is 0.146. The van der Waals surface area contributed by atoms with Gasteiger partial charge < -0.3 is 5.73 Å². The smallest absolute Gasteiger partial charge is 0.227 e. The number of benzene rings is 2. The molecule has 0 fully saturated rings. The number of primary amides is 1. The molecule has 2 N–H and O–H groups in total. The average Bonchev–Trinajstić information content (AvgIpc) is 3.09. The van der Waals surface area contributed by atoms with E-state index in [9.17, 15) is 4.79 Å². The topological polar surface area (TPSA) is 73.8 Å². The second kappa shape index (κ2) is 9.06. The first-order valence-electron chi connectivity index (χ1n) is 8.80. The highest BCUT2D eigenvalue weighted by Gasteiger charge is 2.17. The van der Waals surface area contributed by atoms with Crippen molar-refractivity contribution in [1.29, 1.82) is 0 Å². The van der Waals surface area contributed by atoms with Crippen LogP contribution in [0.4, 0.5) is 0 Å². The zero-order chi connectivity index (χ0) is 19.2. The second-order valence-corrected chi connectivity index (χ2v) is 7.55. The minimum atomic E-state index is -0.391. The van der Waals surface area contributed by atoms with E-state index >= 15 is 0 Å². The van der Waals surface area contributed by atoms with Gasteiger partial charge in [0.15, 0.2) is 11.0 Å². The molecule has 0 unspecified atom stereocenters. The first-order valence-corrected chi connectivity index (χ1v) is 10.2. The molecule has 3 aromatic rings. The molecule has 0 radical (unpaired) electrons. The van der Waals surface area contributed by atoms with Crippen molar-refractivity contribution < 1.29 is 4.79 Å². The van der Waals surface area contributed by atoms with Gasteiger partial charge in [0.05, 0.1) is 5.75 Å². The van der Waals surface area contributed by atoms with Crippen LogP contribution in [-0.4, -0.2) is 26.4 Å². The Morgan fingerprint density at radius 1 is 1.11 bits per heavy atom. The van der Waals surface area contributed by atoms with E-state index in [1.807, 2.05) is 28.8 Å². The second-order valence-electron chi connectivity index (χ2n) is 6.17. The van der Waals surface area contributed by atoms with Crippen LogP contribution < -0.4 is 5.73 Å². The van der Waals surface area contributed by atoms with E-state index in [1.165, 1.54) is 30.2 Å². The molecule has 0 aliphatic heterocycles. The van der Waals surface area contributed by atoms with Crippen LogP contribution in [0.1, 0.15) is 25.3 Å². The highest BCUT2D eigenvalue weighted by atomic mass is 35.5. The molecule has 1 heterocycles. The van der Waals surface area contributed by atoms with Gasteiger partial charge >= 0.3 is 0 Å². The third-order valence-electron chi connectivity index (χ3n) is 4.09. The highest BCUT2D eigenvalue weighted by Crippen LogP contribution is 2.29. The first kappa shape index (κ1) is 19.5. The molecule has 27 heavy (non-hydrogen) atoms. The van der Waals surface area contributed by atoms with Gasteiger partial charge in [-0.15, -0.1) is 10.2 Å². The number of aromatic nitrogens is 3. The largest absolute Gasteiger partial charge is 0.369 e. The predicted molar refractivity (Wildman–Crippen MR) is 110 cm³/mol. The monoisotopic (exact) mass is 400 g/mol. The van der Waals surface area contributed by atoms with E-state index in [1.54, 1.807) is 0 Å². The van der Waals surface area contributed by atoms with Gasteiger partial charge in [-0.3, -0.25) is 9.36 Å². The zero-order valence-corrected chi connectivity index (χ0v) is 16.6. The van der Waals surface area contributed by atoms with Crippen LogP contribution in [0.25, 0.3) is 17.1 Å². The van der Waals surface area contributed by atoms with Crippen LogP contribution in [0.5, 0.6) is 0 Å². The van der Waals surface area contributed by atoms with Crippen molar-refractivity contribution in [3.8, 4) is 17.1 Å². The van der Waals surface area contributed by atoms with E-state index in [4.69, 9.17) is 17.3 Å². The Balaban J connectivity index is 2.00. The van der Waals surface area contributed by atoms with Crippen molar-refractivity contribution in [1.82, 2.24) is 14.8 Å². The molecular weight excluding hydrogens is 380 g/mol. The number of hydrogen-bond donors (Lipinski definition) is 1. The zero-order valence-electron chi connectivity index (χ0n) is 15.1. The number of nitrogens with two attached hydrogens (primary N) is 1. The molecule has 0 aliphatic rings. The van der Waals surface area contributed by atoms with Gasteiger partial charge in [0.25, 0.3) is 0 Å². The summed E-state index contributed by atoms with van der Waals surface area (Å²) < 4.78 is 1.94. The minimum Gasteiger partial charge on any atom is -0.369 e. The molecule has 7 heteroatoms. The Kier molecular flexibility index (Phi) is 6.53. The van der Waals surface area contributed by atoms with Crippen LogP contribution in [0.15, 0.2) is 53.7 Å². The summed E-state index contributed by atoms with van der Waals surface area (Å²) >= 11 is 7.28. The summed E-state index contributed by atoms with van der Waals surface area (Å²) in [7, 11) is 0. The van der Waals surface area contributed by atoms with Gasteiger partial charge in [-0.2, -0.15) is 0 Å². The van der Waals surface area contributed by atoms with E-state index in [2.05, 4.69) is 41.4 Å². The summed E-state index contributed by atoms with van der Waals surface area (Å²) in [6.07, 6.45) is 3.40. The van der Waals surface area contributed by atoms with Crippen molar-refractivity contribution in [3.05, 3.63) is 59.1 Å². The SMILES string of the molecule is CCCCc1ccc(-n2c(SCC(N)=O)nnc2-c2ccc(Cl)cc2)cc1. The average molecular weight is 401 g/mol. The number of carbonyl (C=O) groups is 1. The van der Waals surface area contributed by atoms with Crippen molar-refractivity contribution in [2.24, 2.45) is 5.73 Å². The summed E-state index contributed by atoms with van der Waals surface area (Å²) in [5, 5.41) is 9.90. The number of carbonyl (C=O) groups excluding carboxylic acids is 1. The lowest BCUT2D eigenvalue weighted by molar-refractivity contribution is -0.115. The molecule has 0 bridgehead atoms.